The number of fused-ring (bicyclic) bond motifs is 3. The molecule has 1 aliphatic heterocycles. The Bertz CT molecular complexity index is 1310. The standard InChI is InChI=1S/C26H26ClN5/c1-2-7-19-16-25(32-24-11-6-5-10-23(24)29-26(32)21(19)17-28)31-14-12-30(13-15-31)18-20-8-3-4-9-22(20)27/h3-6,8-11,16H,2,7,12-15,18H2,1H3. The molecule has 4 aromatic rings. The van der Waals surface area contributed by atoms with Gasteiger partial charge in [0.05, 0.1) is 16.6 Å². The van der Waals surface area contributed by atoms with Crippen molar-refractivity contribution in [1.82, 2.24) is 14.3 Å². The van der Waals surface area contributed by atoms with E-state index < -0.39 is 0 Å². The van der Waals surface area contributed by atoms with Crippen LogP contribution < -0.4 is 4.90 Å². The topological polar surface area (TPSA) is 47.6 Å². The largest absolute Gasteiger partial charge is 0.355 e. The molecule has 2 aromatic carbocycles. The molecule has 6 heteroatoms. The van der Waals surface area contributed by atoms with E-state index in [4.69, 9.17) is 16.6 Å². The van der Waals surface area contributed by atoms with E-state index in [2.05, 4.69) is 45.4 Å². The Morgan fingerprint density at radius 2 is 1.75 bits per heavy atom. The van der Waals surface area contributed by atoms with Gasteiger partial charge < -0.3 is 4.90 Å². The van der Waals surface area contributed by atoms with Gasteiger partial charge in [0.1, 0.15) is 11.9 Å². The van der Waals surface area contributed by atoms with Crippen LogP contribution in [0.5, 0.6) is 0 Å². The molecule has 0 spiro atoms. The first kappa shape index (κ1) is 20.8. The molecule has 0 aliphatic carbocycles. The van der Waals surface area contributed by atoms with Crippen LogP contribution >= 0.6 is 11.6 Å². The van der Waals surface area contributed by atoms with Gasteiger partial charge in [-0.15, -0.1) is 0 Å². The van der Waals surface area contributed by atoms with E-state index in [1.165, 1.54) is 5.56 Å². The molecule has 2 aromatic heterocycles. The van der Waals surface area contributed by atoms with Crippen molar-refractivity contribution >= 4 is 34.1 Å². The smallest absolute Gasteiger partial charge is 0.157 e. The average molecular weight is 444 g/mol. The molecular weight excluding hydrogens is 418 g/mol. The molecule has 0 bridgehead atoms. The highest BCUT2D eigenvalue weighted by Gasteiger charge is 2.23. The minimum absolute atomic E-state index is 0.698. The van der Waals surface area contributed by atoms with Gasteiger partial charge in [0.25, 0.3) is 0 Å². The molecule has 3 heterocycles. The van der Waals surface area contributed by atoms with E-state index in [0.29, 0.717) is 5.56 Å². The fourth-order valence-electron chi connectivity index (χ4n) is 4.69. The molecule has 0 N–H and O–H groups in total. The van der Waals surface area contributed by atoms with Crippen molar-refractivity contribution < 1.29 is 0 Å². The summed E-state index contributed by atoms with van der Waals surface area (Å²) in [4.78, 5) is 9.74. The van der Waals surface area contributed by atoms with Crippen LogP contribution in [0.25, 0.3) is 16.7 Å². The van der Waals surface area contributed by atoms with Crippen molar-refractivity contribution in [1.29, 1.82) is 5.26 Å². The number of piperazine rings is 1. The molecule has 0 saturated carbocycles. The normalized spacial score (nSPS) is 14.8. The number of hydrogen-bond donors (Lipinski definition) is 0. The second-order valence-electron chi connectivity index (χ2n) is 8.38. The van der Waals surface area contributed by atoms with Gasteiger partial charge in [-0.05, 0) is 41.8 Å². The number of hydrogen-bond acceptors (Lipinski definition) is 4. The predicted molar refractivity (Wildman–Crippen MR) is 130 cm³/mol. The van der Waals surface area contributed by atoms with Crippen molar-refractivity contribution in [3.8, 4) is 6.07 Å². The number of imidazole rings is 1. The van der Waals surface area contributed by atoms with Gasteiger partial charge in [0.2, 0.25) is 0 Å². The molecule has 1 fully saturated rings. The highest BCUT2D eigenvalue weighted by Crippen LogP contribution is 2.30. The summed E-state index contributed by atoms with van der Waals surface area (Å²) in [6.07, 6.45) is 1.87. The maximum absolute atomic E-state index is 9.93. The lowest BCUT2D eigenvalue weighted by Gasteiger charge is -2.36. The molecule has 1 aliphatic rings. The van der Waals surface area contributed by atoms with Crippen LogP contribution in [-0.4, -0.2) is 40.5 Å². The van der Waals surface area contributed by atoms with E-state index in [1.54, 1.807) is 0 Å². The molecule has 0 radical (unpaired) electrons. The second-order valence-corrected chi connectivity index (χ2v) is 8.79. The monoisotopic (exact) mass is 443 g/mol. The first-order valence-electron chi connectivity index (χ1n) is 11.2. The lowest BCUT2D eigenvalue weighted by Crippen LogP contribution is -2.46. The molecule has 5 rings (SSSR count). The Balaban J connectivity index is 1.50. The summed E-state index contributed by atoms with van der Waals surface area (Å²) >= 11 is 6.38. The molecule has 1 saturated heterocycles. The number of nitrogens with zero attached hydrogens (tertiary/aromatic N) is 5. The Labute approximate surface area is 193 Å². The van der Waals surface area contributed by atoms with Crippen LogP contribution in [0.4, 0.5) is 5.82 Å². The van der Waals surface area contributed by atoms with Gasteiger partial charge >= 0.3 is 0 Å². The molecule has 5 nitrogen and oxygen atoms in total. The number of pyridine rings is 1. The third kappa shape index (κ3) is 3.70. The number of para-hydroxylation sites is 2. The van der Waals surface area contributed by atoms with Crippen molar-refractivity contribution in [3.63, 3.8) is 0 Å². The maximum Gasteiger partial charge on any atom is 0.157 e. The highest BCUT2D eigenvalue weighted by molar-refractivity contribution is 6.31. The summed E-state index contributed by atoms with van der Waals surface area (Å²) in [5.41, 5.74) is 5.71. The number of aryl methyl sites for hydroxylation is 1. The van der Waals surface area contributed by atoms with Gasteiger partial charge in [-0.25, -0.2) is 4.98 Å². The van der Waals surface area contributed by atoms with Crippen LogP contribution in [0.15, 0.2) is 54.6 Å². The first-order valence-corrected chi connectivity index (χ1v) is 11.6. The summed E-state index contributed by atoms with van der Waals surface area (Å²) in [6, 6.07) is 20.9. The Morgan fingerprint density at radius 3 is 2.50 bits per heavy atom. The average Bonchev–Trinajstić information content (AvgIpc) is 3.20. The van der Waals surface area contributed by atoms with Gasteiger partial charge in [-0.2, -0.15) is 5.26 Å². The van der Waals surface area contributed by atoms with Crippen LogP contribution in [0.1, 0.15) is 30.0 Å². The Hall–Kier alpha value is -3.07. The number of aromatic nitrogens is 2. The van der Waals surface area contributed by atoms with Gasteiger partial charge in [0.15, 0.2) is 5.65 Å². The third-order valence-corrected chi connectivity index (χ3v) is 6.69. The minimum atomic E-state index is 0.698. The number of anilines is 1. The van der Waals surface area contributed by atoms with Crippen molar-refractivity contribution in [3.05, 3.63) is 76.3 Å². The van der Waals surface area contributed by atoms with E-state index in [1.807, 2.05) is 36.4 Å². The minimum Gasteiger partial charge on any atom is -0.355 e. The molecule has 32 heavy (non-hydrogen) atoms. The zero-order valence-electron chi connectivity index (χ0n) is 18.3. The first-order chi connectivity index (χ1) is 15.7. The number of benzene rings is 2. The van der Waals surface area contributed by atoms with Crippen molar-refractivity contribution in [2.45, 2.75) is 26.3 Å². The fourth-order valence-corrected chi connectivity index (χ4v) is 4.88. The molecule has 162 valence electrons. The molecule has 0 atom stereocenters. The van der Waals surface area contributed by atoms with E-state index in [9.17, 15) is 5.26 Å². The quantitative estimate of drug-likeness (QED) is 0.420. The SMILES string of the molecule is CCCc1cc(N2CCN(Cc3ccccc3Cl)CC2)n2c(nc3ccccc32)c1C#N. The lowest BCUT2D eigenvalue weighted by molar-refractivity contribution is 0.249. The number of halogens is 1. The number of rotatable bonds is 5. The third-order valence-electron chi connectivity index (χ3n) is 6.32. The van der Waals surface area contributed by atoms with Gasteiger partial charge in [-0.3, -0.25) is 9.30 Å². The summed E-state index contributed by atoms with van der Waals surface area (Å²) < 4.78 is 2.18. The lowest BCUT2D eigenvalue weighted by atomic mass is 10.0. The summed E-state index contributed by atoms with van der Waals surface area (Å²) in [5.74, 6) is 1.13. The number of nitriles is 1. The van der Waals surface area contributed by atoms with Crippen molar-refractivity contribution in [2.24, 2.45) is 0 Å². The zero-order valence-corrected chi connectivity index (χ0v) is 19.0. The van der Waals surface area contributed by atoms with Crippen LogP contribution in [-0.2, 0) is 13.0 Å². The van der Waals surface area contributed by atoms with Crippen molar-refractivity contribution in [2.75, 3.05) is 31.1 Å². The Morgan fingerprint density at radius 1 is 1.00 bits per heavy atom. The van der Waals surface area contributed by atoms with Crippen LogP contribution in [0.3, 0.4) is 0 Å². The van der Waals surface area contributed by atoms with E-state index in [-0.39, 0.29) is 0 Å². The fraction of sp³-hybridized carbons (Fsp3) is 0.308. The van der Waals surface area contributed by atoms with Crippen LogP contribution in [0, 0.1) is 11.3 Å². The van der Waals surface area contributed by atoms with E-state index in [0.717, 1.165) is 78.6 Å². The molecular formula is C26H26ClN5. The Kier molecular flexibility index (Phi) is 5.73. The second kappa shape index (κ2) is 8.82. The van der Waals surface area contributed by atoms with E-state index >= 15 is 0 Å². The summed E-state index contributed by atoms with van der Waals surface area (Å²) in [7, 11) is 0. The molecule has 0 unspecified atom stereocenters. The van der Waals surface area contributed by atoms with Gasteiger partial charge in [-0.1, -0.05) is 55.3 Å². The highest BCUT2D eigenvalue weighted by atomic mass is 35.5. The summed E-state index contributed by atoms with van der Waals surface area (Å²) in [6.45, 7) is 6.78. The van der Waals surface area contributed by atoms with Gasteiger partial charge in [0, 0.05) is 37.7 Å². The maximum atomic E-state index is 9.93. The molecule has 0 amide bonds. The zero-order chi connectivity index (χ0) is 22.1. The summed E-state index contributed by atoms with van der Waals surface area (Å²) in [5, 5.41) is 10.8. The predicted octanol–water partition coefficient (Wildman–Crippen LogP) is 5.29. The van der Waals surface area contributed by atoms with Crippen LogP contribution in [0.2, 0.25) is 5.02 Å².